The molecule has 2 heterocycles. The van der Waals surface area contributed by atoms with Gasteiger partial charge in [-0.25, -0.2) is 0 Å². The largest absolute Gasteiger partial charge is 0.508 e. The molecule has 1 saturated heterocycles. The molecule has 1 fully saturated rings. The fraction of sp³-hybridized carbons (Fsp3) is 0.344. The second-order valence-electron chi connectivity index (χ2n) is 10.4. The van der Waals surface area contributed by atoms with Crippen molar-refractivity contribution in [2.24, 2.45) is 5.92 Å². The maximum atomic E-state index is 12.5. The first-order valence-electron chi connectivity index (χ1n) is 13.7. The van der Waals surface area contributed by atoms with Gasteiger partial charge in [0, 0.05) is 28.7 Å². The van der Waals surface area contributed by atoms with E-state index in [0.717, 1.165) is 38.6 Å². The highest BCUT2D eigenvalue weighted by atomic mass is 35.5. The zero-order valence-electron chi connectivity index (χ0n) is 23.0. The van der Waals surface area contributed by atoms with Gasteiger partial charge in [-0.05, 0) is 92.0 Å². The smallest absolute Gasteiger partial charge is 0.251 e. The molecule has 40 heavy (non-hydrogen) atoms. The number of hydrogen-bond acceptors (Lipinski definition) is 6. The van der Waals surface area contributed by atoms with Crippen molar-refractivity contribution in [2.75, 3.05) is 32.8 Å². The molecule has 0 radical (unpaired) electrons. The Bertz CT molecular complexity index is 1400. The van der Waals surface area contributed by atoms with E-state index in [1.807, 2.05) is 54.6 Å². The maximum absolute atomic E-state index is 12.5. The van der Waals surface area contributed by atoms with Gasteiger partial charge in [-0.15, -0.1) is 23.7 Å². The summed E-state index contributed by atoms with van der Waals surface area (Å²) >= 11 is 1.55. The highest BCUT2D eigenvalue weighted by molar-refractivity contribution is 7.22. The number of amides is 1. The van der Waals surface area contributed by atoms with Crippen LogP contribution in [0.2, 0.25) is 0 Å². The molecule has 3 aromatic carbocycles. The third kappa shape index (κ3) is 7.47. The van der Waals surface area contributed by atoms with Crippen molar-refractivity contribution in [3.63, 3.8) is 0 Å². The number of piperidine rings is 1. The molecular weight excluding hydrogens is 544 g/mol. The van der Waals surface area contributed by atoms with Gasteiger partial charge >= 0.3 is 0 Å². The number of aromatic hydroxyl groups is 1. The Morgan fingerprint density at radius 2 is 1.68 bits per heavy atom. The summed E-state index contributed by atoms with van der Waals surface area (Å²) in [5.74, 6) is 2.79. The Balaban J connectivity index is 0.00000370. The quantitative estimate of drug-likeness (QED) is 0.201. The molecule has 0 aliphatic carbocycles. The van der Waals surface area contributed by atoms with Crippen molar-refractivity contribution >= 4 is 39.7 Å². The van der Waals surface area contributed by atoms with Crippen LogP contribution in [0.5, 0.6) is 23.0 Å². The highest BCUT2D eigenvalue weighted by Crippen LogP contribution is 2.47. The predicted molar refractivity (Wildman–Crippen MR) is 166 cm³/mol. The first-order valence-corrected chi connectivity index (χ1v) is 14.5. The normalized spacial score (nSPS) is 13.7. The lowest BCUT2D eigenvalue weighted by Crippen LogP contribution is -2.33. The van der Waals surface area contributed by atoms with E-state index in [2.05, 4.69) is 24.1 Å². The standard InChI is InChI=1S/C32H36N2O4S.ClH/c1-22(2)21-33-32(36)24-8-6-23(7-9-24)31-30(28-15-10-25(35)20-29(28)39-31)38-27-13-11-26(12-14-27)37-19-18-34-16-4-3-5-17-34;/h6-15,20,22,35H,3-5,16-19,21H2,1-2H3,(H,33,36);1H. The topological polar surface area (TPSA) is 71.0 Å². The Kier molecular flexibility index (Phi) is 10.3. The van der Waals surface area contributed by atoms with E-state index >= 15 is 0 Å². The lowest BCUT2D eigenvalue weighted by Gasteiger charge is -2.26. The van der Waals surface area contributed by atoms with Gasteiger partial charge in [-0.3, -0.25) is 9.69 Å². The average molecular weight is 581 g/mol. The van der Waals surface area contributed by atoms with Gasteiger partial charge in [-0.1, -0.05) is 32.4 Å². The minimum absolute atomic E-state index is 0. The van der Waals surface area contributed by atoms with E-state index in [9.17, 15) is 9.90 Å². The molecule has 1 aliphatic heterocycles. The van der Waals surface area contributed by atoms with Crippen LogP contribution in [0.4, 0.5) is 0 Å². The van der Waals surface area contributed by atoms with Gasteiger partial charge in [0.25, 0.3) is 5.91 Å². The number of thiophene rings is 1. The van der Waals surface area contributed by atoms with Gasteiger partial charge in [0.15, 0.2) is 5.75 Å². The molecule has 0 saturated carbocycles. The Morgan fingerprint density at radius 1 is 0.975 bits per heavy atom. The molecule has 0 unspecified atom stereocenters. The van der Waals surface area contributed by atoms with Crippen molar-refractivity contribution in [3.05, 3.63) is 72.3 Å². The summed E-state index contributed by atoms with van der Waals surface area (Å²) in [6.45, 7) is 8.74. The molecular formula is C32H37ClN2O4S. The molecule has 8 heteroatoms. The molecule has 0 bridgehead atoms. The number of halogens is 1. The summed E-state index contributed by atoms with van der Waals surface area (Å²) < 4.78 is 13.3. The molecule has 1 amide bonds. The van der Waals surface area contributed by atoms with Crippen LogP contribution in [0.3, 0.4) is 0 Å². The number of ether oxygens (including phenoxy) is 2. The van der Waals surface area contributed by atoms with E-state index < -0.39 is 0 Å². The third-order valence-electron chi connectivity index (χ3n) is 6.88. The first-order chi connectivity index (χ1) is 19.0. The summed E-state index contributed by atoms with van der Waals surface area (Å²) in [5, 5.41) is 14.0. The third-order valence-corrected chi connectivity index (χ3v) is 8.06. The number of nitrogens with zero attached hydrogens (tertiary/aromatic N) is 1. The van der Waals surface area contributed by atoms with Gasteiger partial charge < -0.3 is 19.9 Å². The number of benzene rings is 3. The van der Waals surface area contributed by atoms with E-state index in [1.54, 1.807) is 23.5 Å². The van der Waals surface area contributed by atoms with Gasteiger partial charge in [0.1, 0.15) is 23.9 Å². The maximum Gasteiger partial charge on any atom is 0.251 e. The predicted octanol–water partition coefficient (Wildman–Crippen LogP) is 7.74. The van der Waals surface area contributed by atoms with Gasteiger partial charge in [0.2, 0.25) is 0 Å². The fourth-order valence-corrected chi connectivity index (χ4v) is 5.89. The zero-order chi connectivity index (χ0) is 27.2. The second kappa shape index (κ2) is 13.9. The number of nitrogens with one attached hydrogen (secondary N) is 1. The number of phenols is 1. The second-order valence-corrected chi connectivity index (χ2v) is 11.5. The molecule has 2 N–H and O–H groups in total. The Labute approximate surface area is 246 Å². The number of carbonyl (C=O) groups is 1. The van der Waals surface area contributed by atoms with Crippen molar-refractivity contribution in [2.45, 2.75) is 33.1 Å². The first kappa shape index (κ1) is 29.7. The summed E-state index contributed by atoms with van der Waals surface area (Å²) in [5.41, 5.74) is 1.57. The van der Waals surface area contributed by atoms with Crippen LogP contribution in [-0.4, -0.2) is 48.7 Å². The summed E-state index contributed by atoms with van der Waals surface area (Å²) in [6.07, 6.45) is 3.90. The molecule has 1 aliphatic rings. The molecule has 4 aromatic rings. The number of carbonyl (C=O) groups excluding carboxylic acids is 1. The van der Waals surface area contributed by atoms with E-state index in [-0.39, 0.29) is 24.1 Å². The number of hydrogen-bond donors (Lipinski definition) is 2. The van der Waals surface area contributed by atoms with Crippen LogP contribution < -0.4 is 14.8 Å². The molecule has 6 nitrogen and oxygen atoms in total. The van der Waals surface area contributed by atoms with Crippen LogP contribution in [-0.2, 0) is 0 Å². The van der Waals surface area contributed by atoms with Gasteiger partial charge in [0.05, 0.1) is 4.88 Å². The summed E-state index contributed by atoms with van der Waals surface area (Å²) in [4.78, 5) is 15.9. The van der Waals surface area contributed by atoms with Crippen molar-refractivity contribution in [1.82, 2.24) is 10.2 Å². The lowest BCUT2D eigenvalue weighted by atomic mass is 10.1. The number of likely N-dealkylation sites (tertiary alicyclic amines) is 1. The highest BCUT2D eigenvalue weighted by Gasteiger charge is 2.18. The Hall–Kier alpha value is -3.26. The average Bonchev–Trinajstić information content (AvgIpc) is 3.30. The van der Waals surface area contributed by atoms with Crippen LogP contribution in [0, 0.1) is 5.92 Å². The minimum Gasteiger partial charge on any atom is -0.508 e. The van der Waals surface area contributed by atoms with Crippen LogP contribution in [0.15, 0.2) is 66.7 Å². The van der Waals surface area contributed by atoms with E-state index in [1.165, 1.54) is 32.4 Å². The van der Waals surface area contributed by atoms with Gasteiger partial charge in [-0.2, -0.15) is 0 Å². The lowest BCUT2D eigenvalue weighted by molar-refractivity contribution is 0.0949. The molecule has 0 atom stereocenters. The number of rotatable bonds is 10. The van der Waals surface area contributed by atoms with Crippen molar-refractivity contribution < 1.29 is 19.4 Å². The molecule has 5 rings (SSSR count). The summed E-state index contributed by atoms with van der Waals surface area (Å²) in [6, 6.07) is 20.6. The minimum atomic E-state index is -0.0776. The van der Waals surface area contributed by atoms with Crippen molar-refractivity contribution in [3.8, 4) is 33.4 Å². The molecule has 0 spiro atoms. The molecule has 212 valence electrons. The zero-order valence-corrected chi connectivity index (χ0v) is 24.7. The van der Waals surface area contributed by atoms with Crippen LogP contribution in [0.25, 0.3) is 20.5 Å². The Morgan fingerprint density at radius 3 is 2.38 bits per heavy atom. The van der Waals surface area contributed by atoms with E-state index in [4.69, 9.17) is 9.47 Å². The summed E-state index contributed by atoms with van der Waals surface area (Å²) in [7, 11) is 0. The van der Waals surface area contributed by atoms with Crippen LogP contribution in [0.1, 0.15) is 43.5 Å². The fourth-order valence-electron chi connectivity index (χ4n) is 4.72. The van der Waals surface area contributed by atoms with E-state index in [0.29, 0.717) is 30.4 Å². The SMILES string of the molecule is CC(C)CNC(=O)c1ccc(-c2sc3cc(O)ccc3c2Oc2ccc(OCCN3CCCCC3)cc2)cc1.Cl. The number of fused-ring (bicyclic) bond motifs is 1. The number of phenolic OH excluding ortho intramolecular Hbond substituents is 1. The van der Waals surface area contributed by atoms with Crippen molar-refractivity contribution in [1.29, 1.82) is 0 Å². The van der Waals surface area contributed by atoms with Crippen LogP contribution >= 0.6 is 23.7 Å². The molecule has 1 aromatic heterocycles. The monoisotopic (exact) mass is 580 g/mol.